The molecule has 2 N–H and O–H groups in total. The maximum Gasteiger partial charge on any atom is 0.390 e. The molecule has 0 aromatic rings. The number of guanidine groups is 1. The molecular formula is C13H26F3N3O. The van der Waals surface area contributed by atoms with Crippen LogP contribution in [0.4, 0.5) is 13.2 Å². The van der Waals surface area contributed by atoms with Crippen LogP contribution in [-0.4, -0.2) is 45.0 Å². The number of hydrogen-bond donors (Lipinski definition) is 2. The van der Waals surface area contributed by atoms with Crippen LogP contribution in [0.5, 0.6) is 0 Å². The minimum atomic E-state index is -4.15. The average molecular weight is 297 g/mol. The van der Waals surface area contributed by atoms with Gasteiger partial charge in [0.1, 0.15) is 0 Å². The van der Waals surface area contributed by atoms with Crippen LogP contribution in [0, 0.1) is 5.92 Å². The Bertz CT molecular complexity index is 281. The molecule has 0 spiro atoms. The van der Waals surface area contributed by atoms with Crippen LogP contribution in [0.25, 0.3) is 0 Å². The molecule has 1 atom stereocenters. The Kier molecular flexibility index (Phi) is 9.37. The lowest BCUT2D eigenvalue weighted by molar-refractivity contribution is -0.132. The van der Waals surface area contributed by atoms with Crippen LogP contribution in [0.1, 0.15) is 33.6 Å². The van der Waals surface area contributed by atoms with Gasteiger partial charge in [0.25, 0.3) is 0 Å². The summed E-state index contributed by atoms with van der Waals surface area (Å²) < 4.78 is 41.7. The number of alkyl halides is 3. The zero-order chi connectivity index (χ0) is 15.6. The van der Waals surface area contributed by atoms with Gasteiger partial charge in [0.05, 0.1) is 12.5 Å². The van der Waals surface area contributed by atoms with Gasteiger partial charge in [0, 0.05) is 26.7 Å². The Morgan fingerprint density at radius 2 is 1.80 bits per heavy atom. The molecule has 0 rings (SSSR count). The predicted octanol–water partition coefficient (Wildman–Crippen LogP) is 2.56. The van der Waals surface area contributed by atoms with E-state index in [0.29, 0.717) is 25.0 Å². The van der Waals surface area contributed by atoms with Crippen LogP contribution in [-0.2, 0) is 4.74 Å². The minimum absolute atomic E-state index is 0.140. The molecule has 0 bridgehead atoms. The third-order valence-electron chi connectivity index (χ3n) is 2.77. The van der Waals surface area contributed by atoms with Gasteiger partial charge in [-0.15, -0.1) is 0 Å². The van der Waals surface area contributed by atoms with Crippen molar-refractivity contribution in [1.29, 1.82) is 0 Å². The smallest absolute Gasteiger partial charge is 0.378 e. The van der Waals surface area contributed by atoms with Crippen LogP contribution in [0.2, 0.25) is 0 Å². The van der Waals surface area contributed by atoms with E-state index < -0.39 is 12.6 Å². The van der Waals surface area contributed by atoms with E-state index in [1.54, 1.807) is 0 Å². The van der Waals surface area contributed by atoms with E-state index >= 15 is 0 Å². The van der Waals surface area contributed by atoms with Crippen molar-refractivity contribution >= 4 is 5.96 Å². The monoisotopic (exact) mass is 297 g/mol. The number of nitrogens with zero attached hydrogens (tertiary/aromatic N) is 1. The molecule has 0 aliphatic rings. The molecule has 20 heavy (non-hydrogen) atoms. The molecule has 0 aromatic carbocycles. The second-order valence-corrected chi connectivity index (χ2v) is 4.82. The summed E-state index contributed by atoms with van der Waals surface area (Å²) in [6, 6.07) is 0. The number of rotatable bonds is 8. The third-order valence-corrected chi connectivity index (χ3v) is 2.77. The minimum Gasteiger partial charge on any atom is -0.378 e. The molecule has 0 heterocycles. The summed E-state index contributed by atoms with van der Waals surface area (Å²) in [4.78, 5) is 3.88. The summed E-state index contributed by atoms with van der Waals surface area (Å²) in [5.74, 6) is 0.783. The van der Waals surface area contributed by atoms with Crippen molar-refractivity contribution in [3.05, 3.63) is 0 Å². The second kappa shape index (κ2) is 9.85. The van der Waals surface area contributed by atoms with E-state index in [4.69, 9.17) is 4.74 Å². The first-order chi connectivity index (χ1) is 9.30. The van der Waals surface area contributed by atoms with Crippen LogP contribution >= 0.6 is 0 Å². The highest BCUT2D eigenvalue weighted by molar-refractivity contribution is 5.79. The van der Waals surface area contributed by atoms with Crippen LogP contribution < -0.4 is 10.6 Å². The van der Waals surface area contributed by atoms with Gasteiger partial charge in [-0.1, -0.05) is 13.8 Å². The highest BCUT2D eigenvalue weighted by atomic mass is 19.4. The zero-order valence-corrected chi connectivity index (χ0v) is 12.7. The van der Waals surface area contributed by atoms with E-state index in [9.17, 15) is 13.2 Å². The van der Waals surface area contributed by atoms with Crippen molar-refractivity contribution in [2.75, 3.05) is 26.7 Å². The Labute approximate surface area is 119 Å². The average Bonchev–Trinajstić information content (AvgIpc) is 2.34. The first-order valence-corrected chi connectivity index (χ1v) is 6.93. The van der Waals surface area contributed by atoms with Crippen molar-refractivity contribution in [2.24, 2.45) is 10.9 Å². The molecule has 0 saturated heterocycles. The first kappa shape index (κ1) is 19.0. The maximum atomic E-state index is 12.0. The van der Waals surface area contributed by atoms with Crippen molar-refractivity contribution in [1.82, 2.24) is 10.6 Å². The fourth-order valence-corrected chi connectivity index (χ4v) is 1.70. The largest absolute Gasteiger partial charge is 0.390 e. The van der Waals surface area contributed by atoms with E-state index in [-0.39, 0.29) is 12.6 Å². The molecule has 1 unspecified atom stereocenters. The van der Waals surface area contributed by atoms with Gasteiger partial charge in [0.15, 0.2) is 5.96 Å². The van der Waals surface area contributed by atoms with Crippen molar-refractivity contribution in [3.63, 3.8) is 0 Å². The van der Waals surface area contributed by atoms with Crippen molar-refractivity contribution in [3.8, 4) is 0 Å². The van der Waals surface area contributed by atoms with E-state index in [1.165, 1.54) is 7.05 Å². The van der Waals surface area contributed by atoms with Crippen LogP contribution in [0.15, 0.2) is 4.99 Å². The summed E-state index contributed by atoms with van der Waals surface area (Å²) in [7, 11) is 1.53. The number of nitrogens with one attached hydrogen (secondary N) is 2. The number of halogens is 3. The number of hydrogen-bond acceptors (Lipinski definition) is 2. The Hall–Kier alpha value is -0.980. The molecular weight excluding hydrogens is 271 g/mol. The predicted molar refractivity (Wildman–Crippen MR) is 74.9 cm³/mol. The van der Waals surface area contributed by atoms with Gasteiger partial charge in [-0.05, 0) is 19.3 Å². The number of ether oxygens (including phenoxy) is 1. The first-order valence-electron chi connectivity index (χ1n) is 6.93. The molecule has 0 radical (unpaired) electrons. The summed E-state index contributed by atoms with van der Waals surface area (Å²) in [6.45, 7) is 7.19. The Balaban J connectivity index is 3.95. The normalized spacial score (nSPS) is 14.5. The quantitative estimate of drug-likeness (QED) is 0.534. The van der Waals surface area contributed by atoms with Gasteiger partial charge in [0.2, 0.25) is 0 Å². The molecule has 120 valence electrons. The highest BCUT2D eigenvalue weighted by Gasteiger charge is 2.26. The zero-order valence-electron chi connectivity index (χ0n) is 12.7. The van der Waals surface area contributed by atoms with Gasteiger partial charge in [-0.2, -0.15) is 13.2 Å². The fraction of sp³-hybridized carbons (Fsp3) is 0.923. The molecule has 7 heteroatoms. The Morgan fingerprint density at radius 3 is 2.25 bits per heavy atom. The van der Waals surface area contributed by atoms with Crippen LogP contribution in [0.3, 0.4) is 0 Å². The SMILES string of the molecule is CCOC(CCNC(=NC)NCCC(F)(F)F)C(C)C. The molecule has 0 amide bonds. The van der Waals surface area contributed by atoms with Gasteiger partial charge in [-0.25, -0.2) is 0 Å². The lowest BCUT2D eigenvalue weighted by Gasteiger charge is -2.21. The second-order valence-electron chi connectivity index (χ2n) is 4.82. The summed E-state index contributed by atoms with van der Waals surface area (Å²) in [5, 5.41) is 5.63. The number of aliphatic imine (C=N–C) groups is 1. The molecule has 4 nitrogen and oxygen atoms in total. The van der Waals surface area contributed by atoms with Gasteiger partial charge in [-0.3, -0.25) is 4.99 Å². The standard InChI is InChI=1S/C13H26F3N3O/c1-5-20-11(10(2)3)6-8-18-12(17-4)19-9-7-13(14,15)16/h10-11H,5-9H2,1-4H3,(H2,17,18,19). The van der Waals surface area contributed by atoms with E-state index in [2.05, 4.69) is 29.5 Å². The molecule has 0 fully saturated rings. The summed E-state index contributed by atoms with van der Waals surface area (Å²) in [5.41, 5.74) is 0. The Morgan fingerprint density at radius 1 is 1.20 bits per heavy atom. The maximum absolute atomic E-state index is 12.0. The lowest BCUT2D eigenvalue weighted by Crippen LogP contribution is -2.40. The topological polar surface area (TPSA) is 45.6 Å². The van der Waals surface area contributed by atoms with Crippen molar-refractivity contribution in [2.45, 2.75) is 45.9 Å². The van der Waals surface area contributed by atoms with Crippen molar-refractivity contribution < 1.29 is 17.9 Å². The third kappa shape index (κ3) is 9.89. The van der Waals surface area contributed by atoms with Gasteiger partial charge >= 0.3 is 6.18 Å². The highest BCUT2D eigenvalue weighted by Crippen LogP contribution is 2.18. The van der Waals surface area contributed by atoms with Gasteiger partial charge < -0.3 is 15.4 Å². The fourth-order valence-electron chi connectivity index (χ4n) is 1.70. The molecule has 0 aromatic heterocycles. The molecule has 0 saturated carbocycles. The van der Waals surface area contributed by atoms with E-state index in [1.807, 2.05) is 6.92 Å². The lowest BCUT2D eigenvalue weighted by atomic mass is 10.0. The molecule has 0 aliphatic carbocycles. The summed E-state index contributed by atoms with van der Waals surface area (Å²) in [6.07, 6.45) is -4.10. The molecule has 0 aliphatic heterocycles. The van der Waals surface area contributed by atoms with E-state index in [0.717, 1.165) is 6.42 Å². The summed E-state index contributed by atoms with van der Waals surface area (Å²) >= 11 is 0.